The second kappa shape index (κ2) is 11.2. The van der Waals surface area contributed by atoms with E-state index >= 15 is 0 Å². The number of allylic oxidation sites excluding steroid dienone is 1. The summed E-state index contributed by atoms with van der Waals surface area (Å²) in [6, 6.07) is 17.5. The van der Waals surface area contributed by atoms with Crippen LogP contribution in [0.1, 0.15) is 26.3 Å². The Balaban J connectivity index is 1.64. The molecule has 9 heteroatoms. The molecule has 3 rings (SSSR count). The number of amides is 1. The Bertz CT molecular complexity index is 1220. The number of likely N-dealkylation sites (N-methyl/N-ethyl adjacent to an activating group) is 1. The van der Waals surface area contributed by atoms with Crippen LogP contribution in [0, 0.1) is 10.1 Å². The maximum atomic E-state index is 12.5. The van der Waals surface area contributed by atoms with Gasteiger partial charge in [-0.25, -0.2) is 0 Å². The Hall–Kier alpha value is -4.01. The summed E-state index contributed by atoms with van der Waals surface area (Å²) < 4.78 is 0. The zero-order chi connectivity index (χ0) is 24.7. The van der Waals surface area contributed by atoms with Crippen LogP contribution >= 0.6 is 11.6 Å². The summed E-state index contributed by atoms with van der Waals surface area (Å²) >= 11 is 6.00. The lowest BCUT2D eigenvalue weighted by Crippen LogP contribution is -2.20. The van der Waals surface area contributed by atoms with Crippen molar-refractivity contribution in [3.05, 3.63) is 105 Å². The van der Waals surface area contributed by atoms with Gasteiger partial charge in [-0.15, -0.1) is 0 Å². The van der Waals surface area contributed by atoms with Gasteiger partial charge >= 0.3 is 0 Å². The van der Waals surface area contributed by atoms with E-state index in [1.807, 2.05) is 36.2 Å². The van der Waals surface area contributed by atoms with Crippen molar-refractivity contribution in [2.24, 2.45) is 0 Å². The highest BCUT2D eigenvalue weighted by Crippen LogP contribution is 2.23. The fourth-order valence-corrected chi connectivity index (χ4v) is 3.31. The topological polar surface area (TPSA) is 113 Å². The normalized spacial score (nSPS) is 10.8. The second-order valence-electron chi connectivity index (χ2n) is 7.39. The van der Waals surface area contributed by atoms with Crippen LogP contribution in [0.2, 0.25) is 5.02 Å². The number of nitro groups is 1. The summed E-state index contributed by atoms with van der Waals surface area (Å²) in [6.07, 6.45) is 3.17. The standard InChI is InChI=1S/C25H22ClN3O5/c1-28(14-15-30)20-9-2-17(3-10-20)4-13-24(31)18-5-7-19(8-6-18)27-25(32)22-16-21(29(33)34)11-12-23(22)26/h2-13,16,30H,14-15H2,1H3,(H,27,32)/b13-4+. The third-order valence-electron chi connectivity index (χ3n) is 5.03. The summed E-state index contributed by atoms with van der Waals surface area (Å²) in [6.45, 7) is 0.597. The number of anilines is 2. The molecule has 0 radical (unpaired) electrons. The Morgan fingerprint density at radius 1 is 1.09 bits per heavy atom. The van der Waals surface area contributed by atoms with E-state index in [1.165, 1.54) is 18.2 Å². The molecule has 0 aliphatic heterocycles. The van der Waals surface area contributed by atoms with E-state index in [2.05, 4.69) is 5.32 Å². The first-order chi connectivity index (χ1) is 16.3. The van der Waals surface area contributed by atoms with E-state index in [0.29, 0.717) is 17.8 Å². The molecule has 174 valence electrons. The number of nitro benzene ring substituents is 1. The Labute approximate surface area is 201 Å². The first-order valence-corrected chi connectivity index (χ1v) is 10.7. The lowest BCUT2D eigenvalue weighted by molar-refractivity contribution is -0.384. The molecule has 0 fully saturated rings. The third kappa shape index (κ3) is 6.28. The molecule has 0 aliphatic carbocycles. The van der Waals surface area contributed by atoms with Gasteiger partial charge in [0.15, 0.2) is 5.78 Å². The van der Waals surface area contributed by atoms with Crippen LogP contribution in [-0.4, -0.2) is 41.9 Å². The van der Waals surface area contributed by atoms with Gasteiger partial charge in [-0.3, -0.25) is 19.7 Å². The number of nitrogens with zero attached hydrogens (tertiary/aromatic N) is 2. The number of rotatable bonds is 9. The number of hydrogen-bond donors (Lipinski definition) is 2. The number of hydrogen-bond acceptors (Lipinski definition) is 6. The fourth-order valence-electron chi connectivity index (χ4n) is 3.10. The summed E-state index contributed by atoms with van der Waals surface area (Å²) in [5, 5.41) is 22.7. The molecule has 3 aromatic rings. The molecule has 0 atom stereocenters. The van der Waals surface area contributed by atoms with Crippen LogP contribution in [0.25, 0.3) is 6.08 Å². The summed E-state index contributed by atoms with van der Waals surface area (Å²) in [7, 11) is 1.88. The maximum absolute atomic E-state index is 12.5. The van der Waals surface area contributed by atoms with Gasteiger partial charge in [-0.1, -0.05) is 29.8 Å². The van der Waals surface area contributed by atoms with Crippen molar-refractivity contribution in [2.45, 2.75) is 0 Å². The van der Waals surface area contributed by atoms with E-state index < -0.39 is 10.8 Å². The summed E-state index contributed by atoms with van der Waals surface area (Å²) in [5.74, 6) is -0.804. The van der Waals surface area contributed by atoms with Gasteiger partial charge < -0.3 is 15.3 Å². The van der Waals surface area contributed by atoms with Crippen LogP contribution in [0.3, 0.4) is 0 Å². The first-order valence-electron chi connectivity index (χ1n) is 10.3. The molecule has 3 aromatic carbocycles. The third-order valence-corrected chi connectivity index (χ3v) is 5.36. The summed E-state index contributed by atoms with van der Waals surface area (Å²) in [4.78, 5) is 37.2. The molecule has 2 N–H and O–H groups in total. The molecular weight excluding hydrogens is 458 g/mol. The number of halogens is 1. The molecule has 0 heterocycles. The summed E-state index contributed by atoms with van der Waals surface area (Å²) in [5.41, 5.74) is 2.40. The number of non-ortho nitro benzene ring substituents is 1. The Morgan fingerprint density at radius 3 is 2.38 bits per heavy atom. The van der Waals surface area contributed by atoms with Crippen LogP contribution < -0.4 is 10.2 Å². The van der Waals surface area contributed by atoms with Crippen molar-refractivity contribution in [1.29, 1.82) is 0 Å². The molecule has 0 unspecified atom stereocenters. The van der Waals surface area contributed by atoms with Crippen molar-refractivity contribution < 1.29 is 19.6 Å². The molecule has 0 saturated carbocycles. The van der Waals surface area contributed by atoms with Crippen LogP contribution in [0.15, 0.2) is 72.8 Å². The van der Waals surface area contributed by atoms with Crippen molar-refractivity contribution >= 4 is 46.4 Å². The van der Waals surface area contributed by atoms with Gasteiger partial charge in [0.25, 0.3) is 11.6 Å². The van der Waals surface area contributed by atoms with Crippen molar-refractivity contribution in [1.82, 2.24) is 0 Å². The quantitative estimate of drug-likeness (QED) is 0.197. The zero-order valence-corrected chi connectivity index (χ0v) is 19.0. The predicted octanol–water partition coefficient (Wildman–Crippen LogP) is 4.83. The Kier molecular flexibility index (Phi) is 8.13. The van der Waals surface area contributed by atoms with Crippen LogP contribution in [-0.2, 0) is 0 Å². The van der Waals surface area contributed by atoms with Gasteiger partial charge in [0.05, 0.1) is 22.1 Å². The fraction of sp³-hybridized carbons (Fsp3) is 0.120. The molecule has 0 bridgehead atoms. The van der Waals surface area contributed by atoms with Crippen molar-refractivity contribution in [3.63, 3.8) is 0 Å². The lowest BCUT2D eigenvalue weighted by Gasteiger charge is -2.17. The molecular formula is C25H22ClN3O5. The van der Waals surface area contributed by atoms with E-state index in [-0.39, 0.29) is 28.7 Å². The number of carbonyl (C=O) groups excluding carboxylic acids is 2. The van der Waals surface area contributed by atoms with Gasteiger partial charge in [-0.05, 0) is 54.1 Å². The second-order valence-corrected chi connectivity index (χ2v) is 7.79. The van der Waals surface area contributed by atoms with Crippen molar-refractivity contribution in [3.8, 4) is 0 Å². The smallest absolute Gasteiger partial charge is 0.270 e. The van der Waals surface area contributed by atoms with Gasteiger partial charge in [-0.2, -0.15) is 0 Å². The maximum Gasteiger partial charge on any atom is 0.270 e. The highest BCUT2D eigenvalue weighted by molar-refractivity contribution is 6.34. The van der Waals surface area contributed by atoms with Crippen LogP contribution in [0.4, 0.5) is 17.1 Å². The lowest BCUT2D eigenvalue weighted by atomic mass is 10.1. The van der Waals surface area contributed by atoms with E-state index in [1.54, 1.807) is 30.3 Å². The average molecular weight is 480 g/mol. The van der Waals surface area contributed by atoms with E-state index in [4.69, 9.17) is 16.7 Å². The monoisotopic (exact) mass is 479 g/mol. The number of aliphatic hydroxyl groups is 1. The minimum atomic E-state index is -0.606. The van der Waals surface area contributed by atoms with E-state index in [0.717, 1.165) is 17.3 Å². The molecule has 0 aromatic heterocycles. The highest BCUT2D eigenvalue weighted by Gasteiger charge is 2.16. The van der Waals surface area contributed by atoms with E-state index in [9.17, 15) is 19.7 Å². The number of ketones is 1. The molecule has 0 aliphatic rings. The average Bonchev–Trinajstić information content (AvgIpc) is 2.83. The minimum Gasteiger partial charge on any atom is -0.395 e. The van der Waals surface area contributed by atoms with Gasteiger partial charge in [0, 0.05) is 42.7 Å². The number of nitrogens with one attached hydrogen (secondary N) is 1. The highest BCUT2D eigenvalue weighted by atomic mass is 35.5. The largest absolute Gasteiger partial charge is 0.395 e. The van der Waals surface area contributed by atoms with Crippen LogP contribution in [0.5, 0.6) is 0 Å². The molecule has 0 saturated heterocycles. The molecule has 1 amide bonds. The Morgan fingerprint density at radius 2 is 1.76 bits per heavy atom. The SMILES string of the molecule is CN(CCO)c1ccc(/C=C/C(=O)c2ccc(NC(=O)c3cc([N+](=O)[O-])ccc3Cl)cc2)cc1. The number of carbonyl (C=O) groups is 2. The minimum absolute atomic E-state index is 0.0208. The zero-order valence-electron chi connectivity index (χ0n) is 18.3. The van der Waals surface area contributed by atoms with Gasteiger partial charge in [0.1, 0.15) is 0 Å². The first kappa shape index (κ1) is 24.6. The predicted molar refractivity (Wildman–Crippen MR) is 133 cm³/mol. The molecule has 0 spiro atoms. The number of benzene rings is 3. The van der Waals surface area contributed by atoms with Crippen molar-refractivity contribution in [2.75, 3.05) is 30.4 Å². The number of aliphatic hydroxyl groups excluding tert-OH is 1. The molecule has 8 nitrogen and oxygen atoms in total. The molecule has 34 heavy (non-hydrogen) atoms. The van der Waals surface area contributed by atoms with Gasteiger partial charge in [0.2, 0.25) is 0 Å².